The number of nitrogens with one attached hydrogen (secondary N) is 3. The molecular weight excluding hydrogens is 407 g/mol. The number of nitrogens with zero attached hydrogens (tertiary/aromatic N) is 1. The van der Waals surface area contributed by atoms with Crippen LogP contribution in [0.5, 0.6) is 0 Å². The minimum absolute atomic E-state index is 0. The van der Waals surface area contributed by atoms with Crippen LogP contribution in [0, 0.1) is 5.92 Å². The highest BCUT2D eigenvalue weighted by Gasteiger charge is 2.02. The van der Waals surface area contributed by atoms with Gasteiger partial charge in [-0.2, -0.15) is 0 Å². The normalized spacial score (nSPS) is 10.7. The van der Waals surface area contributed by atoms with Crippen molar-refractivity contribution >= 4 is 41.7 Å². The Morgan fingerprint density at radius 3 is 2.39 bits per heavy atom. The largest absolute Gasteiger partial charge is 0.453 e. The molecule has 0 aliphatic heterocycles. The van der Waals surface area contributed by atoms with Crippen LogP contribution < -0.4 is 16.0 Å². The van der Waals surface area contributed by atoms with Crippen LogP contribution in [0.1, 0.15) is 25.8 Å². The van der Waals surface area contributed by atoms with Crippen molar-refractivity contribution in [3.63, 3.8) is 0 Å². The summed E-state index contributed by atoms with van der Waals surface area (Å²) in [4.78, 5) is 15.3. The maximum absolute atomic E-state index is 11.1. The van der Waals surface area contributed by atoms with E-state index in [1.807, 2.05) is 24.3 Å². The Morgan fingerprint density at radius 1 is 1.22 bits per heavy atom. The van der Waals surface area contributed by atoms with Crippen molar-refractivity contribution in [2.24, 2.45) is 10.9 Å². The summed E-state index contributed by atoms with van der Waals surface area (Å²) in [7, 11) is 3.10. The van der Waals surface area contributed by atoms with Gasteiger partial charge in [0.1, 0.15) is 0 Å². The Hall–Kier alpha value is -1.51. The lowest BCUT2D eigenvalue weighted by Crippen LogP contribution is -2.37. The Kier molecular flexibility index (Phi) is 11.2. The van der Waals surface area contributed by atoms with Crippen LogP contribution in [0.4, 0.5) is 10.5 Å². The first-order chi connectivity index (χ1) is 10.5. The number of halogens is 1. The number of aliphatic imine (C=N–C) groups is 1. The van der Waals surface area contributed by atoms with Gasteiger partial charge < -0.3 is 15.4 Å². The second kappa shape index (κ2) is 12.0. The zero-order valence-electron chi connectivity index (χ0n) is 14.2. The highest BCUT2D eigenvalue weighted by Crippen LogP contribution is 2.09. The standard InChI is InChI=1S/C16H26N4O2.HI/c1-12(2)9-10-18-15(17-3)19-11-13-5-7-14(8-6-13)20-16(21)22-4;/h5-8,12H,9-11H2,1-4H3,(H,20,21)(H2,17,18,19);1H. The Labute approximate surface area is 155 Å². The minimum Gasteiger partial charge on any atom is -0.453 e. The van der Waals surface area contributed by atoms with Crippen LogP contribution in [0.3, 0.4) is 0 Å². The molecule has 0 spiro atoms. The average Bonchev–Trinajstić information content (AvgIpc) is 2.51. The van der Waals surface area contributed by atoms with Gasteiger partial charge >= 0.3 is 6.09 Å². The van der Waals surface area contributed by atoms with Gasteiger partial charge in [0.2, 0.25) is 0 Å². The van der Waals surface area contributed by atoms with Gasteiger partial charge in [0.25, 0.3) is 0 Å². The molecule has 0 unspecified atom stereocenters. The topological polar surface area (TPSA) is 74.8 Å². The molecule has 0 bridgehead atoms. The van der Waals surface area contributed by atoms with Crippen molar-refractivity contribution in [3.8, 4) is 0 Å². The molecule has 1 aromatic carbocycles. The molecule has 1 rings (SSSR count). The molecular formula is C16H27IN4O2. The summed E-state index contributed by atoms with van der Waals surface area (Å²) in [6.45, 7) is 5.96. The molecule has 0 heterocycles. The van der Waals surface area contributed by atoms with Gasteiger partial charge in [-0.05, 0) is 30.0 Å². The summed E-state index contributed by atoms with van der Waals surface area (Å²) in [5, 5.41) is 9.15. The lowest BCUT2D eigenvalue weighted by Gasteiger charge is -2.13. The van der Waals surface area contributed by atoms with Crippen molar-refractivity contribution in [1.82, 2.24) is 10.6 Å². The Balaban J connectivity index is 0.00000484. The van der Waals surface area contributed by atoms with Crippen molar-refractivity contribution < 1.29 is 9.53 Å². The van der Waals surface area contributed by atoms with Gasteiger partial charge in [0.05, 0.1) is 7.11 Å². The first kappa shape index (κ1) is 21.5. The lowest BCUT2D eigenvalue weighted by atomic mass is 10.1. The summed E-state index contributed by atoms with van der Waals surface area (Å²) >= 11 is 0. The number of carbonyl (C=O) groups excluding carboxylic acids is 1. The monoisotopic (exact) mass is 434 g/mol. The van der Waals surface area contributed by atoms with Crippen molar-refractivity contribution in [2.75, 3.05) is 26.0 Å². The zero-order chi connectivity index (χ0) is 16.4. The van der Waals surface area contributed by atoms with Crippen LogP contribution in [0.2, 0.25) is 0 Å². The smallest absolute Gasteiger partial charge is 0.411 e. The summed E-state index contributed by atoms with van der Waals surface area (Å²) in [5.41, 5.74) is 1.80. The average molecular weight is 434 g/mol. The molecule has 130 valence electrons. The molecule has 7 heteroatoms. The molecule has 0 aliphatic rings. The van der Waals surface area contributed by atoms with Crippen LogP contribution in [0.15, 0.2) is 29.3 Å². The van der Waals surface area contributed by atoms with Crippen LogP contribution in [-0.4, -0.2) is 32.8 Å². The predicted octanol–water partition coefficient (Wildman–Crippen LogP) is 3.19. The fraction of sp³-hybridized carbons (Fsp3) is 0.500. The summed E-state index contributed by atoms with van der Waals surface area (Å²) in [6, 6.07) is 7.56. The molecule has 23 heavy (non-hydrogen) atoms. The van der Waals surface area contributed by atoms with E-state index < -0.39 is 6.09 Å². The molecule has 0 atom stereocenters. The first-order valence-electron chi connectivity index (χ1n) is 7.43. The van der Waals surface area contributed by atoms with Gasteiger partial charge in [0, 0.05) is 25.8 Å². The number of rotatable bonds is 6. The van der Waals surface area contributed by atoms with Gasteiger partial charge in [-0.3, -0.25) is 10.3 Å². The van der Waals surface area contributed by atoms with E-state index >= 15 is 0 Å². The van der Waals surface area contributed by atoms with Gasteiger partial charge in [-0.15, -0.1) is 24.0 Å². The van der Waals surface area contributed by atoms with E-state index in [-0.39, 0.29) is 24.0 Å². The number of hydrogen-bond donors (Lipinski definition) is 3. The van der Waals surface area contributed by atoms with Crippen LogP contribution in [0.25, 0.3) is 0 Å². The molecule has 1 aromatic rings. The molecule has 0 aromatic heterocycles. The van der Waals surface area contributed by atoms with Crippen molar-refractivity contribution in [2.45, 2.75) is 26.8 Å². The van der Waals surface area contributed by atoms with Crippen molar-refractivity contribution in [3.05, 3.63) is 29.8 Å². The highest BCUT2D eigenvalue weighted by molar-refractivity contribution is 14.0. The number of carbonyl (C=O) groups is 1. The number of benzene rings is 1. The number of guanidine groups is 1. The van der Waals surface area contributed by atoms with Gasteiger partial charge in [0.15, 0.2) is 5.96 Å². The number of hydrogen-bond acceptors (Lipinski definition) is 3. The third-order valence-electron chi connectivity index (χ3n) is 3.08. The second-order valence-corrected chi connectivity index (χ2v) is 5.35. The maximum atomic E-state index is 11.1. The number of amides is 1. The van der Waals surface area contributed by atoms with E-state index in [2.05, 4.69) is 39.5 Å². The predicted molar refractivity (Wildman–Crippen MR) is 106 cm³/mol. The fourth-order valence-corrected chi connectivity index (χ4v) is 1.76. The van der Waals surface area contributed by atoms with Crippen molar-refractivity contribution in [1.29, 1.82) is 0 Å². The molecule has 3 N–H and O–H groups in total. The van der Waals surface area contributed by atoms with E-state index in [4.69, 9.17) is 0 Å². The Bertz CT molecular complexity index is 489. The lowest BCUT2D eigenvalue weighted by molar-refractivity contribution is 0.187. The molecule has 0 fully saturated rings. The zero-order valence-corrected chi connectivity index (χ0v) is 16.5. The minimum atomic E-state index is -0.472. The molecule has 0 saturated carbocycles. The van der Waals surface area contributed by atoms with Crippen LogP contribution in [-0.2, 0) is 11.3 Å². The van der Waals surface area contributed by atoms with Crippen LogP contribution >= 0.6 is 24.0 Å². The number of ether oxygens (including phenoxy) is 1. The summed E-state index contributed by atoms with van der Waals surface area (Å²) in [5.74, 6) is 1.46. The maximum Gasteiger partial charge on any atom is 0.411 e. The first-order valence-corrected chi connectivity index (χ1v) is 7.43. The summed E-state index contributed by atoms with van der Waals surface area (Å²) < 4.78 is 4.55. The van der Waals surface area contributed by atoms with E-state index in [0.717, 1.165) is 24.5 Å². The van der Waals surface area contributed by atoms with E-state index in [1.54, 1.807) is 7.05 Å². The molecule has 0 aliphatic carbocycles. The quantitative estimate of drug-likeness (QED) is 0.365. The molecule has 1 amide bonds. The van der Waals surface area contributed by atoms with E-state index in [0.29, 0.717) is 18.2 Å². The highest BCUT2D eigenvalue weighted by atomic mass is 127. The third-order valence-corrected chi connectivity index (χ3v) is 3.08. The third kappa shape index (κ3) is 9.27. The van der Waals surface area contributed by atoms with Gasteiger partial charge in [-0.1, -0.05) is 26.0 Å². The van der Waals surface area contributed by atoms with E-state index in [1.165, 1.54) is 7.11 Å². The SMILES string of the molecule is CN=C(NCCC(C)C)NCc1ccc(NC(=O)OC)cc1.I. The second-order valence-electron chi connectivity index (χ2n) is 5.35. The molecule has 6 nitrogen and oxygen atoms in total. The number of anilines is 1. The summed E-state index contributed by atoms with van der Waals surface area (Å²) in [6.07, 6.45) is 0.634. The molecule has 0 saturated heterocycles. The number of methoxy groups -OCH3 is 1. The molecule has 0 radical (unpaired) electrons. The van der Waals surface area contributed by atoms with Gasteiger partial charge in [-0.25, -0.2) is 4.79 Å². The van der Waals surface area contributed by atoms with E-state index in [9.17, 15) is 4.79 Å². The fourth-order valence-electron chi connectivity index (χ4n) is 1.76. The Morgan fingerprint density at radius 2 is 1.87 bits per heavy atom.